The van der Waals surface area contributed by atoms with Crippen LogP contribution in [0, 0.1) is 0 Å². The predicted octanol–water partition coefficient (Wildman–Crippen LogP) is 4.96. The van der Waals surface area contributed by atoms with Crippen molar-refractivity contribution < 1.29 is 0 Å². The zero-order valence-electron chi connectivity index (χ0n) is 11.4. The van der Waals surface area contributed by atoms with Gasteiger partial charge >= 0.3 is 114 Å². The van der Waals surface area contributed by atoms with Crippen LogP contribution in [0.2, 0.25) is 17.5 Å². The Kier molecular flexibility index (Phi) is 6.22. The molecule has 0 bridgehead atoms. The maximum absolute atomic E-state index is 2.63. The molecule has 0 spiro atoms. The fourth-order valence-electron chi connectivity index (χ4n) is 3.91. The van der Waals surface area contributed by atoms with Gasteiger partial charge < -0.3 is 0 Å². The van der Waals surface area contributed by atoms with E-state index in [1.807, 2.05) is 0 Å². The van der Waals surface area contributed by atoms with E-state index >= 15 is 0 Å². The molecule has 0 saturated heterocycles. The van der Waals surface area contributed by atoms with Crippen LogP contribution in [0.3, 0.4) is 0 Å². The van der Waals surface area contributed by atoms with Gasteiger partial charge in [0, 0.05) is 0 Å². The van der Waals surface area contributed by atoms with Crippen LogP contribution in [-0.2, 0) is 0 Å². The summed E-state index contributed by atoms with van der Waals surface area (Å²) in [6, 6.07) is 0. The van der Waals surface area contributed by atoms with E-state index in [1.165, 1.54) is 64.2 Å². The summed E-state index contributed by atoms with van der Waals surface area (Å²) in [5.41, 5.74) is 0. The molecule has 2 saturated carbocycles. The summed E-state index contributed by atoms with van der Waals surface area (Å²) < 4.78 is 0. The Labute approximate surface area is 114 Å². The molecule has 0 unspecified atom stereocenters. The fraction of sp³-hybridized carbons (Fsp3) is 0.867. The summed E-state index contributed by atoms with van der Waals surface area (Å²) in [6.07, 6.45) is 15.1. The second-order valence-corrected chi connectivity index (χ2v) is 7.50. The third-order valence-corrected chi connectivity index (χ3v) is 5.73. The molecule has 0 aromatic rings. The molecule has 0 aliphatic heterocycles. The van der Waals surface area contributed by atoms with E-state index in [0.29, 0.717) is 0 Å². The van der Waals surface area contributed by atoms with Gasteiger partial charge in [-0.25, -0.2) is 0 Å². The molecule has 2 fully saturated rings. The number of hydrogen-bond donors (Lipinski definition) is 0. The van der Waals surface area contributed by atoms with Crippen LogP contribution in [0.5, 0.6) is 0 Å². The second kappa shape index (κ2) is 7.69. The van der Waals surface area contributed by atoms with E-state index in [4.69, 9.17) is 0 Å². The standard InChI is InChI=1S/C15H27BSe/c1-17-13-12-16(14-8-4-2-5-9-14)15-10-6-3-7-11-15/h12-15H,2-11H2,1H3/b13-12+. The van der Waals surface area contributed by atoms with E-state index in [2.05, 4.69) is 16.8 Å². The van der Waals surface area contributed by atoms with Crippen molar-refractivity contribution in [2.45, 2.75) is 81.7 Å². The summed E-state index contributed by atoms with van der Waals surface area (Å²) in [5, 5.41) is 0. The first-order chi connectivity index (χ1) is 8.42. The molecule has 2 heteroatoms. The van der Waals surface area contributed by atoms with Crippen molar-refractivity contribution in [3.05, 3.63) is 10.9 Å². The molecular weight excluding hydrogens is 270 g/mol. The molecule has 0 N–H and O–H groups in total. The van der Waals surface area contributed by atoms with Gasteiger partial charge in [0.15, 0.2) is 0 Å². The molecule has 0 amide bonds. The Bertz CT molecular complexity index is 209. The van der Waals surface area contributed by atoms with Crippen LogP contribution in [0.15, 0.2) is 10.9 Å². The maximum atomic E-state index is 2.63. The zero-order valence-corrected chi connectivity index (χ0v) is 13.1. The summed E-state index contributed by atoms with van der Waals surface area (Å²) in [7, 11) is 0. The van der Waals surface area contributed by atoms with Gasteiger partial charge in [-0.1, -0.05) is 0 Å². The van der Waals surface area contributed by atoms with Gasteiger partial charge in [-0.15, -0.1) is 0 Å². The molecule has 0 radical (unpaired) electrons. The van der Waals surface area contributed by atoms with Gasteiger partial charge in [0.2, 0.25) is 0 Å². The van der Waals surface area contributed by atoms with Crippen molar-refractivity contribution in [1.82, 2.24) is 0 Å². The molecule has 17 heavy (non-hydrogen) atoms. The zero-order chi connectivity index (χ0) is 11.9. The predicted molar refractivity (Wildman–Crippen MR) is 80.2 cm³/mol. The Morgan fingerprint density at radius 3 is 1.71 bits per heavy atom. The number of rotatable bonds is 4. The van der Waals surface area contributed by atoms with Crippen LogP contribution >= 0.6 is 0 Å². The van der Waals surface area contributed by atoms with Crippen LogP contribution < -0.4 is 0 Å². The van der Waals surface area contributed by atoms with Crippen molar-refractivity contribution in [3.8, 4) is 0 Å². The molecule has 2 aliphatic rings. The SMILES string of the molecule is C[Se]/C=C/B(C1CCCCC1)C1CCCCC1. The van der Waals surface area contributed by atoms with Crippen LogP contribution in [0.1, 0.15) is 64.2 Å². The number of hydrogen-bond acceptors (Lipinski definition) is 0. The first-order valence-corrected chi connectivity index (χ1v) is 10.3. The minimum atomic E-state index is 0.724. The van der Waals surface area contributed by atoms with Gasteiger partial charge in [-0.2, -0.15) is 0 Å². The average molecular weight is 297 g/mol. The van der Waals surface area contributed by atoms with E-state index in [0.717, 1.165) is 33.3 Å². The van der Waals surface area contributed by atoms with E-state index in [-0.39, 0.29) is 0 Å². The normalized spacial score (nSPS) is 24.3. The summed E-state index contributed by atoms with van der Waals surface area (Å²) in [6.45, 7) is 0.942. The van der Waals surface area contributed by atoms with Crippen molar-refractivity contribution in [3.63, 3.8) is 0 Å². The van der Waals surface area contributed by atoms with Gasteiger partial charge in [0.05, 0.1) is 0 Å². The van der Waals surface area contributed by atoms with Crippen molar-refractivity contribution in [1.29, 1.82) is 0 Å². The second-order valence-electron chi connectivity index (χ2n) is 5.94. The van der Waals surface area contributed by atoms with Crippen LogP contribution in [-0.4, -0.2) is 21.7 Å². The van der Waals surface area contributed by atoms with E-state index in [9.17, 15) is 0 Å². The Balaban J connectivity index is 1.97. The molecule has 0 aromatic carbocycles. The van der Waals surface area contributed by atoms with Gasteiger partial charge in [-0.3, -0.25) is 0 Å². The average Bonchev–Trinajstić information content (AvgIpc) is 2.42. The summed E-state index contributed by atoms with van der Waals surface area (Å²) in [5.74, 6) is 7.03. The van der Waals surface area contributed by atoms with Gasteiger partial charge in [0.1, 0.15) is 0 Å². The molecule has 2 rings (SSSR count). The first-order valence-electron chi connectivity index (χ1n) is 7.61. The van der Waals surface area contributed by atoms with Crippen molar-refractivity contribution >= 4 is 21.7 Å². The van der Waals surface area contributed by atoms with Gasteiger partial charge in [-0.05, 0) is 0 Å². The van der Waals surface area contributed by atoms with Crippen LogP contribution in [0.25, 0.3) is 0 Å². The van der Waals surface area contributed by atoms with Gasteiger partial charge in [0.25, 0.3) is 0 Å². The monoisotopic (exact) mass is 298 g/mol. The molecule has 0 nitrogen and oxygen atoms in total. The third-order valence-electron chi connectivity index (χ3n) is 4.83. The Hall–Kier alpha value is 0.324. The quantitative estimate of drug-likeness (QED) is 0.644. The van der Waals surface area contributed by atoms with E-state index in [1.54, 1.807) is 0 Å². The third kappa shape index (κ3) is 4.18. The summed E-state index contributed by atoms with van der Waals surface area (Å²) in [4.78, 5) is 2.50. The molecule has 2 aliphatic carbocycles. The molecular formula is C15H27BSe. The first kappa shape index (κ1) is 13.7. The topological polar surface area (TPSA) is 0 Å². The van der Waals surface area contributed by atoms with Crippen molar-refractivity contribution in [2.75, 3.05) is 0 Å². The Morgan fingerprint density at radius 2 is 1.29 bits per heavy atom. The van der Waals surface area contributed by atoms with Crippen molar-refractivity contribution in [2.24, 2.45) is 0 Å². The Morgan fingerprint density at radius 1 is 0.824 bits per heavy atom. The molecule has 0 aromatic heterocycles. The minimum absolute atomic E-state index is 0.724. The summed E-state index contributed by atoms with van der Waals surface area (Å²) >= 11 is 0.724. The molecule has 0 atom stereocenters. The molecule has 0 heterocycles. The fourth-order valence-corrected chi connectivity index (χ4v) is 4.62. The van der Waals surface area contributed by atoms with Crippen LogP contribution in [0.4, 0.5) is 0 Å². The van der Waals surface area contributed by atoms with E-state index < -0.39 is 0 Å². The molecule has 96 valence electrons.